The molecule has 1 saturated carbocycles. The van der Waals surface area contributed by atoms with Gasteiger partial charge >= 0.3 is 7.12 Å². The first-order valence-electron chi connectivity index (χ1n) is 10.9. The Labute approximate surface area is 175 Å². The average Bonchev–Trinajstić information content (AvgIpc) is 2.90. The van der Waals surface area contributed by atoms with E-state index in [1.54, 1.807) is 0 Å². The summed E-state index contributed by atoms with van der Waals surface area (Å²) >= 11 is 0. The van der Waals surface area contributed by atoms with E-state index in [0.717, 1.165) is 29.6 Å². The normalized spacial score (nSPS) is 29.3. The zero-order chi connectivity index (χ0) is 21.4. The van der Waals surface area contributed by atoms with Gasteiger partial charge in [0.2, 0.25) is 5.91 Å². The van der Waals surface area contributed by atoms with Crippen molar-refractivity contribution in [3.8, 4) is 0 Å². The minimum Gasteiger partial charge on any atom is -0.399 e. The average molecular weight is 398 g/mol. The van der Waals surface area contributed by atoms with Crippen LogP contribution < -0.4 is 15.7 Å². The Morgan fingerprint density at radius 3 is 2.21 bits per heavy atom. The summed E-state index contributed by atoms with van der Waals surface area (Å²) in [6.07, 6.45) is 2.00. The van der Waals surface area contributed by atoms with E-state index in [0.29, 0.717) is 12.1 Å². The summed E-state index contributed by atoms with van der Waals surface area (Å²) in [6.45, 7) is 16.7. The maximum atomic E-state index is 13.3. The highest BCUT2D eigenvalue weighted by Gasteiger charge is 2.53. The van der Waals surface area contributed by atoms with Gasteiger partial charge in [-0.3, -0.25) is 4.79 Å². The first-order chi connectivity index (χ1) is 13.3. The van der Waals surface area contributed by atoms with Crippen molar-refractivity contribution in [2.75, 3.05) is 4.90 Å². The van der Waals surface area contributed by atoms with Crippen LogP contribution in [0, 0.1) is 0 Å². The van der Waals surface area contributed by atoms with Crippen LogP contribution >= 0.6 is 0 Å². The molecular weight excluding hydrogens is 363 g/mol. The summed E-state index contributed by atoms with van der Waals surface area (Å²) in [6, 6.07) is 7.49. The lowest BCUT2D eigenvalue weighted by atomic mass is 9.76. The van der Waals surface area contributed by atoms with Crippen molar-refractivity contribution >= 4 is 24.2 Å². The lowest BCUT2D eigenvalue weighted by molar-refractivity contribution is -0.123. The number of benzene rings is 1. The number of rotatable bonds is 4. The molecule has 29 heavy (non-hydrogen) atoms. The lowest BCUT2D eigenvalue weighted by Gasteiger charge is -2.43. The summed E-state index contributed by atoms with van der Waals surface area (Å²) in [5, 5.41) is 3.59. The van der Waals surface area contributed by atoms with Gasteiger partial charge in [0.15, 0.2) is 0 Å². The molecule has 1 N–H and O–H groups in total. The van der Waals surface area contributed by atoms with Gasteiger partial charge in [-0.2, -0.15) is 0 Å². The minimum absolute atomic E-state index is 0.201. The molecule has 1 aromatic carbocycles. The molecule has 3 aliphatic rings. The third kappa shape index (κ3) is 3.24. The SMILES string of the molecule is CC(C)NC1CC(N2C(=O)C(C)(C)c3ccc(B4OC(C)(C)C(C)(C)O4)cc32)C1. The van der Waals surface area contributed by atoms with Gasteiger partial charge in [0.05, 0.1) is 16.6 Å². The van der Waals surface area contributed by atoms with Crippen LogP contribution in [0.15, 0.2) is 18.2 Å². The molecule has 0 unspecified atom stereocenters. The van der Waals surface area contributed by atoms with Crippen LogP contribution in [-0.4, -0.2) is 42.4 Å². The smallest absolute Gasteiger partial charge is 0.399 e. The van der Waals surface area contributed by atoms with Gasteiger partial charge in [0, 0.05) is 23.8 Å². The summed E-state index contributed by atoms with van der Waals surface area (Å²) < 4.78 is 12.5. The molecule has 1 amide bonds. The van der Waals surface area contributed by atoms with Crippen LogP contribution in [0.25, 0.3) is 0 Å². The van der Waals surface area contributed by atoms with Crippen molar-refractivity contribution in [3.05, 3.63) is 23.8 Å². The summed E-state index contributed by atoms with van der Waals surface area (Å²) in [4.78, 5) is 15.4. The number of anilines is 1. The fourth-order valence-electron chi connectivity index (χ4n) is 4.70. The van der Waals surface area contributed by atoms with Crippen LogP contribution in [-0.2, 0) is 19.5 Å². The topological polar surface area (TPSA) is 50.8 Å². The molecule has 2 aliphatic heterocycles. The Morgan fingerprint density at radius 2 is 1.66 bits per heavy atom. The standard InChI is InChI=1S/C23H35BN2O3/c1-14(2)25-16-12-17(13-16)26-19-11-15(9-10-18(19)21(3,4)20(26)27)24-28-22(5,6)23(7,8)29-24/h9-11,14,16-17,25H,12-13H2,1-8H3. The molecule has 6 heteroatoms. The molecule has 2 fully saturated rings. The van der Waals surface area contributed by atoms with Crippen LogP contribution in [0.1, 0.15) is 73.8 Å². The highest BCUT2D eigenvalue weighted by molar-refractivity contribution is 6.62. The third-order valence-corrected chi connectivity index (χ3v) is 7.28. The van der Waals surface area contributed by atoms with E-state index in [2.05, 4.69) is 65.1 Å². The molecule has 0 spiro atoms. The number of hydrogen-bond donors (Lipinski definition) is 1. The van der Waals surface area contributed by atoms with Crippen molar-refractivity contribution in [3.63, 3.8) is 0 Å². The second-order valence-corrected chi connectivity index (χ2v) is 10.8. The van der Waals surface area contributed by atoms with E-state index < -0.39 is 12.5 Å². The summed E-state index contributed by atoms with van der Waals surface area (Å²) in [7, 11) is -0.414. The molecule has 0 atom stereocenters. The van der Waals surface area contributed by atoms with E-state index in [-0.39, 0.29) is 23.2 Å². The molecule has 1 aromatic rings. The van der Waals surface area contributed by atoms with E-state index >= 15 is 0 Å². The second kappa shape index (κ2) is 6.56. The van der Waals surface area contributed by atoms with E-state index in [1.807, 2.05) is 18.7 Å². The summed E-state index contributed by atoms with van der Waals surface area (Å²) in [5.74, 6) is 0.201. The van der Waals surface area contributed by atoms with E-state index in [1.165, 1.54) is 0 Å². The van der Waals surface area contributed by atoms with Gasteiger partial charge in [0.25, 0.3) is 0 Å². The molecule has 0 radical (unpaired) electrons. The number of nitrogens with one attached hydrogen (secondary N) is 1. The number of carbonyl (C=O) groups is 1. The molecule has 1 saturated heterocycles. The number of nitrogens with zero attached hydrogens (tertiary/aromatic N) is 1. The zero-order valence-corrected chi connectivity index (χ0v) is 19.1. The maximum Gasteiger partial charge on any atom is 0.494 e. The van der Waals surface area contributed by atoms with E-state index in [9.17, 15) is 4.79 Å². The summed E-state index contributed by atoms with van der Waals surface area (Å²) in [5.41, 5.74) is 1.85. The monoisotopic (exact) mass is 398 g/mol. The van der Waals surface area contributed by atoms with Crippen molar-refractivity contribution in [1.82, 2.24) is 5.32 Å². The van der Waals surface area contributed by atoms with Crippen LogP contribution in [0.4, 0.5) is 5.69 Å². The Kier molecular flexibility index (Phi) is 4.73. The highest BCUT2D eigenvalue weighted by Crippen LogP contribution is 2.45. The minimum atomic E-state index is -0.500. The van der Waals surface area contributed by atoms with Crippen LogP contribution in [0.3, 0.4) is 0 Å². The Bertz CT molecular complexity index is 811. The quantitative estimate of drug-likeness (QED) is 0.792. The van der Waals surface area contributed by atoms with Crippen LogP contribution in [0.2, 0.25) is 0 Å². The number of hydrogen-bond acceptors (Lipinski definition) is 4. The molecule has 1 aliphatic carbocycles. The lowest BCUT2D eigenvalue weighted by Crippen LogP contribution is -2.56. The second-order valence-electron chi connectivity index (χ2n) is 10.8. The first-order valence-corrected chi connectivity index (χ1v) is 10.9. The first kappa shape index (κ1) is 20.9. The Balaban J connectivity index is 1.63. The van der Waals surface area contributed by atoms with Gasteiger partial charge in [0.1, 0.15) is 0 Å². The van der Waals surface area contributed by atoms with Gasteiger partial charge in [-0.1, -0.05) is 26.0 Å². The van der Waals surface area contributed by atoms with Crippen molar-refractivity contribution in [1.29, 1.82) is 0 Å². The predicted molar refractivity (Wildman–Crippen MR) is 118 cm³/mol. The van der Waals surface area contributed by atoms with Crippen LogP contribution in [0.5, 0.6) is 0 Å². The third-order valence-electron chi connectivity index (χ3n) is 7.28. The number of amides is 1. The van der Waals surface area contributed by atoms with Gasteiger partial charge in [-0.05, 0) is 71.5 Å². The molecule has 158 valence electrons. The fourth-order valence-corrected chi connectivity index (χ4v) is 4.70. The molecule has 2 heterocycles. The molecule has 0 aromatic heterocycles. The van der Waals surface area contributed by atoms with Crippen molar-refractivity contribution in [2.45, 2.75) is 103 Å². The van der Waals surface area contributed by atoms with Gasteiger partial charge in [-0.25, -0.2) is 0 Å². The molecule has 5 nitrogen and oxygen atoms in total. The predicted octanol–water partition coefficient (Wildman–Crippen LogP) is 3.14. The number of carbonyl (C=O) groups excluding carboxylic acids is 1. The Hall–Kier alpha value is -1.37. The zero-order valence-electron chi connectivity index (χ0n) is 19.1. The molecule has 0 bridgehead atoms. The maximum absolute atomic E-state index is 13.3. The molecule has 4 rings (SSSR count). The van der Waals surface area contributed by atoms with Crippen molar-refractivity contribution in [2.24, 2.45) is 0 Å². The Morgan fingerprint density at radius 1 is 1.07 bits per heavy atom. The number of fused-ring (bicyclic) bond motifs is 1. The van der Waals surface area contributed by atoms with Gasteiger partial charge < -0.3 is 19.5 Å². The fraction of sp³-hybridized carbons (Fsp3) is 0.696. The molecular formula is C23H35BN2O3. The van der Waals surface area contributed by atoms with Crippen molar-refractivity contribution < 1.29 is 14.1 Å². The highest BCUT2D eigenvalue weighted by atomic mass is 16.7. The van der Waals surface area contributed by atoms with E-state index in [4.69, 9.17) is 9.31 Å². The largest absolute Gasteiger partial charge is 0.494 e. The van der Waals surface area contributed by atoms with Gasteiger partial charge in [-0.15, -0.1) is 0 Å².